The molecule has 0 heterocycles. The van der Waals surface area contributed by atoms with Crippen LogP contribution in [0.3, 0.4) is 0 Å². The lowest BCUT2D eigenvalue weighted by atomic mass is 9.69. The van der Waals surface area contributed by atoms with Gasteiger partial charge in [-0.05, 0) is 25.2 Å². The fourth-order valence-corrected chi connectivity index (χ4v) is 2.62. The molecule has 4 heteroatoms. The van der Waals surface area contributed by atoms with Gasteiger partial charge in [0, 0.05) is 0 Å². The van der Waals surface area contributed by atoms with Crippen molar-refractivity contribution in [2.75, 3.05) is 14.2 Å². The van der Waals surface area contributed by atoms with E-state index in [0.29, 0.717) is 12.8 Å². The molecule has 0 aliphatic rings. The molecule has 0 aliphatic heterocycles. The lowest BCUT2D eigenvalue weighted by Crippen LogP contribution is -2.37. The van der Waals surface area contributed by atoms with Crippen LogP contribution >= 0.6 is 0 Å². The monoisotopic (exact) mass is 272 g/mol. The molecule has 0 aromatic heterocycles. The SMILES string of the molecule is CCC(C)(C)CC(C)(CC(C)C(=O)OC)C(=O)OC. The van der Waals surface area contributed by atoms with E-state index in [0.717, 1.165) is 6.42 Å². The highest BCUT2D eigenvalue weighted by molar-refractivity contribution is 5.78. The van der Waals surface area contributed by atoms with Crippen molar-refractivity contribution in [3.63, 3.8) is 0 Å². The summed E-state index contributed by atoms with van der Waals surface area (Å²) in [6.07, 6.45) is 2.09. The van der Waals surface area contributed by atoms with Gasteiger partial charge in [-0.3, -0.25) is 9.59 Å². The molecule has 0 amide bonds. The third-order valence-corrected chi connectivity index (χ3v) is 3.86. The van der Waals surface area contributed by atoms with Crippen LogP contribution in [-0.2, 0) is 19.1 Å². The number of carbonyl (C=O) groups is 2. The van der Waals surface area contributed by atoms with Crippen LogP contribution in [0.4, 0.5) is 0 Å². The third-order valence-electron chi connectivity index (χ3n) is 3.86. The van der Waals surface area contributed by atoms with Gasteiger partial charge in [0.2, 0.25) is 0 Å². The Hall–Kier alpha value is -1.06. The second kappa shape index (κ2) is 6.92. The van der Waals surface area contributed by atoms with Crippen LogP contribution in [0, 0.1) is 16.7 Å². The summed E-state index contributed by atoms with van der Waals surface area (Å²) in [4.78, 5) is 23.7. The summed E-state index contributed by atoms with van der Waals surface area (Å²) >= 11 is 0. The Morgan fingerprint density at radius 1 is 1.11 bits per heavy atom. The average molecular weight is 272 g/mol. The molecule has 0 spiro atoms. The average Bonchev–Trinajstić information content (AvgIpc) is 2.35. The second-order valence-electron chi connectivity index (χ2n) is 6.38. The zero-order chi connectivity index (χ0) is 15.3. The maximum Gasteiger partial charge on any atom is 0.311 e. The molecule has 0 radical (unpaired) electrons. The van der Waals surface area contributed by atoms with E-state index in [1.165, 1.54) is 14.2 Å². The molecule has 19 heavy (non-hydrogen) atoms. The number of hydrogen-bond acceptors (Lipinski definition) is 4. The molecule has 0 N–H and O–H groups in total. The topological polar surface area (TPSA) is 52.6 Å². The van der Waals surface area contributed by atoms with Gasteiger partial charge >= 0.3 is 11.9 Å². The first kappa shape index (κ1) is 17.9. The Kier molecular flexibility index (Phi) is 6.53. The summed E-state index contributed by atoms with van der Waals surface area (Å²) in [5, 5.41) is 0. The highest BCUT2D eigenvalue weighted by atomic mass is 16.5. The Morgan fingerprint density at radius 3 is 2.00 bits per heavy atom. The molecule has 2 unspecified atom stereocenters. The zero-order valence-electron chi connectivity index (χ0n) is 13.3. The fraction of sp³-hybridized carbons (Fsp3) is 0.867. The molecule has 4 nitrogen and oxygen atoms in total. The van der Waals surface area contributed by atoms with Crippen LogP contribution in [0.1, 0.15) is 53.9 Å². The highest BCUT2D eigenvalue weighted by Crippen LogP contribution is 2.41. The Bertz CT molecular complexity index is 322. The lowest BCUT2D eigenvalue weighted by molar-refractivity contribution is -0.157. The molecule has 0 rings (SSSR count). The largest absolute Gasteiger partial charge is 0.469 e. The summed E-state index contributed by atoms with van der Waals surface area (Å²) in [5.74, 6) is -0.865. The maximum absolute atomic E-state index is 12.1. The number of carbonyl (C=O) groups excluding carboxylic acids is 2. The summed E-state index contributed by atoms with van der Waals surface area (Å²) in [7, 11) is 2.76. The minimum atomic E-state index is -0.665. The van der Waals surface area contributed by atoms with E-state index in [4.69, 9.17) is 9.47 Å². The quantitative estimate of drug-likeness (QED) is 0.668. The van der Waals surface area contributed by atoms with E-state index < -0.39 is 5.41 Å². The molecular weight excluding hydrogens is 244 g/mol. The van der Waals surface area contributed by atoms with Gasteiger partial charge in [0.25, 0.3) is 0 Å². The number of rotatable bonds is 7. The molecule has 2 atom stereocenters. The number of hydrogen-bond donors (Lipinski definition) is 0. The molecule has 0 bridgehead atoms. The highest BCUT2D eigenvalue weighted by Gasteiger charge is 2.41. The number of ether oxygens (including phenoxy) is 2. The zero-order valence-corrected chi connectivity index (χ0v) is 13.3. The van der Waals surface area contributed by atoms with Crippen molar-refractivity contribution in [2.45, 2.75) is 53.9 Å². The van der Waals surface area contributed by atoms with Crippen molar-refractivity contribution in [3.05, 3.63) is 0 Å². The van der Waals surface area contributed by atoms with Gasteiger partial charge in [-0.15, -0.1) is 0 Å². The number of esters is 2. The minimum Gasteiger partial charge on any atom is -0.469 e. The van der Waals surface area contributed by atoms with Gasteiger partial charge < -0.3 is 9.47 Å². The lowest BCUT2D eigenvalue weighted by Gasteiger charge is -2.36. The predicted molar refractivity (Wildman–Crippen MR) is 74.6 cm³/mol. The first-order valence-electron chi connectivity index (χ1n) is 6.78. The summed E-state index contributed by atoms with van der Waals surface area (Å²) in [6.45, 7) is 10.00. The standard InChI is InChI=1S/C15H28O4/c1-8-14(3,4)10-15(5,13(17)19-7)9-11(2)12(16)18-6/h11H,8-10H2,1-7H3. The van der Waals surface area contributed by atoms with Crippen molar-refractivity contribution in [1.29, 1.82) is 0 Å². The summed E-state index contributed by atoms with van der Waals surface area (Å²) in [5.41, 5.74) is -0.638. The van der Waals surface area contributed by atoms with Crippen LogP contribution in [0.25, 0.3) is 0 Å². The van der Waals surface area contributed by atoms with Crippen molar-refractivity contribution >= 4 is 11.9 Å². The van der Waals surface area contributed by atoms with Gasteiger partial charge in [0.05, 0.1) is 25.6 Å². The molecule has 0 aromatic carbocycles. The van der Waals surface area contributed by atoms with Gasteiger partial charge in [0.15, 0.2) is 0 Å². The summed E-state index contributed by atoms with van der Waals surface area (Å²) < 4.78 is 9.67. The fourth-order valence-electron chi connectivity index (χ4n) is 2.62. The summed E-state index contributed by atoms with van der Waals surface area (Å²) in [6, 6.07) is 0. The van der Waals surface area contributed by atoms with E-state index in [1.54, 1.807) is 6.92 Å². The minimum absolute atomic E-state index is 0.0266. The Labute approximate surface area is 116 Å². The molecule has 0 saturated carbocycles. The molecule has 0 aliphatic carbocycles. The van der Waals surface area contributed by atoms with Gasteiger partial charge in [-0.1, -0.05) is 34.1 Å². The van der Waals surface area contributed by atoms with E-state index in [9.17, 15) is 9.59 Å². The third kappa shape index (κ3) is 5.21. The molecule has 0 saturated heterocycles. The number of methoxy groups -OCH3 is 2. The van der Waals surface area contributed by atoms with E-state index in [1.807, 2.05) is 6.92 Å². The van der Waals surface area contributed by atoms with Crippen LogP contribution < -0.4 is 0 Å². The normalized spacial score (nSPS) is 16.4. The van der Waals surface area contributed by atoms with E-state index >= 15 is 0 Å². The van der Waals surface area contributed by atoms with Crippen LogP contribution in [0.2, 0.25) is 0 Å². The molecule has 0 aromatic rings. The van der Waals surface area contributed by atoms with E-state index in [2.05, 4.69) is 20.8 Å². The second-order valence-corrected chi connectivity index (χ2v) is 6.38. The van der Waals surface area contributed by atoms with Crippen LogP contribution in [0.5, 0.6) is 0 Å². The van der Waals surface area contributed by atoms with Crippen molar-refractivity contribution in [3.8, 4) is 0 Å². The first-order chi connectivity index (χ1) is 8.61. The first-order valence-corrected chi connectivity index (χ1v) is 6.78. The van der Waals surface area contributed by atoms with E-state index in [-0.39, 0.29) is 23.3 Å². The smallest absolute Gasteiger partial charge is 0.311 e. The Balaban J connectivity index is 5.09. The van der Waals surface area contributed by atoms with Crippen LogP contribution in [-0.4, -0.2) is 26.2 Å². The molecule has 112 valence electrons. The van der Waals surface area contributed by atoms with Crippen molar-refractivity contribution in [1.82, 2.24) is 0 Å². The predicted octanol–water partition coefficient (Wildman–Crippen LogP) is 3.19. The maximum atomic E-state index is 12.1. The van der Waals surface area contributed by atoms with Gasteiger partial charge in [-0.2, -0.15) is 0 Å². The van der Waals surface area contributed by atoms with Crippen LogP contribution in [0.15, 0.2) is 0 Å². The molecular formula is C15H28O4. The van der Waals surface area contributed by atoms with Crippen molar-refractivity contribution < 1.29 is 19.1 Å². The molecule has 0 fully saturated rings. The van der Waals surface area contributed by atoms with Crippen molar-refractivity contribution in [2.24, 2.45) is 16.7 Å². The van der Waals surface area contributed by atoms with Gasteiger partial charge in [-0.25, -0.2) is 0 Å². The van der Waals surface area contributed by atoms with Gasteiger partial charge in [0.1, 0.15) is 0 Å². The Morgan fingerprint density at radius 2 is 1.63 bits per heavy atom.